The number of rotatable bonds is 7. The number of carbonyl (C=O) groups excluding carboxylic acids is 1. The van der Waals surface area contributed by atoms with Crippen molar-refractivity contribution >= 4 is 39.1 Å². The average Bonchev–Trinajstić information content (AvgIpc) is 2.92. The molecule has 0 bridgehead atoms. The number of benzene rings is 1. The predicted molar refractivity (Wildman–Crippen MR) is 90.2 cm³/mol. The lowest BCUT2D eigenvalue weighted by Gasteiger charge is -2.13. The molecule has 0 radical (unpaired) electrons. The summed E-state index contributed by atoms with van der Waals surface area (Å²) in [5.41, 5.74) is 0.692. The first-order valence-electron chi connectivity index (χ1n) is 6.83. The summed E-state index contributed by atoms with van der Waals surface area (Å²) < 4.78 is 1.02. The van der Waals surface area contributed by atoms with E-state index in [0.29, 0.717) is 18.4 Å². The van der Waals surface area contributed by atoms with Gasteiger partial charge in [-0.25, -0.2) is 0 Å². The maximum atomic E-state index is 11.9. The first-order chi connectivity index (χ1) is 10.6. The van der Waals surface area contributed by atoms with Gasteiger partial charge in [0.2, 0.25) is 5.91 Å². The number of carboxylic acids is 1. The standard InChI is InChI=1S/C16H16BrNO3S/c17-12-8-13(22-10-12)6-7-15(19)18-9-14(16(20)21)11-4-2-1-3-5-11/h1-5,8,10,14H,6-7,9H2,(H,18,19)(H,20,21). The van der Waals surface area contributed by atoms with Crippen molar-refractivity contribution in [2.45, 2.75) is 18.8 Å². The highest BCUT2D eigenvalue weighted by atomic mass is 79.9. The number of carbonyl (C=O) groups is 2. The number of hydrogen-bond acceptors (Lipinski definition) is 3. The van der Waals surface area contributed by atoms with Gasteiger partial charge in [0, 0.05) is 27.7 Å². The molecule has 1 atom stereocenters. The van der Waals surface area contributed by atoms with Crippen LogP contribution in [0.5, 0.6) is 0 Å². The lowest BCUT2D eigenvalue weighted by molar-refractivity contribution is -0.138. The molecule has 1 aromatic carbocycles. The Hall–Kier alpha value is -1.66. The number of nitrogens with one attached hydrogen (secondary N) is 1. The van der Waals surface area contributed by atoms with Gasteiger partial charge >= 0.3 is 5.97 Å². The largest absolute Gasteiger partial charge is 0.481 e. The van der Waals surface area contributed by atoms with E-state index in [0.717, 1.165) is 9.35 Å². The van der Waals surface area contributed by atoms with Crippen molar-refractivity contribution < 1.29 is 14.7 Å². The van der Waals surface area contributed by atoms with Crippen LogP contribution < -0.4 is 5.32 Å². The zero-order valence-corrected chi connectivity index (χ0v) is 14.2. The van der Waals surface area contributed by atoms with Crippen LogP contribution in [0.25, 0.3) is 0 Å². The number of halogens is 1. The van der Waals surface area contributed by atoms with Gasteiger partial charge < -0.3 is 10.4 Å². The van der Waals surface area contributed by atoms with Gasteiger partial charge in [-0.3, -0.25) is 9.59 Å². The fourth-order valence-electron chi connectivity index (χ4n) is 2.06. The molecule has 0 saturated heterocycles. The number of carboxylic acid groups (broad SMARTS) is 1. The zero-order chi connectivity index (χ0) is 15.9. The fourth-order valence-corrected chi connectivity index (χ4v) is 3.51. The van der Waals surface area contributed by atoms with Crippen LogP contribution in [0.4, 0.5) is 0 Å². The van der Waals surface area contributed by atoms with E-state index in [2.05, 4.69) is 21.2 Å². The summed E-state index contributed by atoms with van der Waals surface area (Å²) in [5.74, 6) is -1.79. The smallest absolute Gasteiger partial charge is 0.312 e. The van der Waals surface area contributed by atoms with E-state index < -0.39 is 11.9 Å². The van der Waals surface area contributed by atoms with Crippen LogP contribution >= 0.6 is 27.3 Å². The maximum Gasteiger partial charge on any atom is 0.312 e. The van der Waals surface area contributed by atoms with Crippen molar-refractivity contribution in [1.82, 2.24) is 5.32 Å². The maximum absolute atomic E-state index is 11.9. The number of thiophene rings is 1. The van der Waals surface area contributed by atoms with Gasteiger partial charge in [-0.05, 0) is 34.0 Å². The molecule has 0 aliphatic rings. The second kappa shape index (κ2) is 8.10. The van der Waals surface area contributed by atoms with E-state index >= 15 is 0 Å². The minimum atomic E-state index is -0.936. The van der Waals surface area contributed by atoms with Gasteiger partial charge in [0.25, 0.3) is 0 Å². The molecule has 4 nitrogen and oxygen atoms in total. The lowest BCUT2D eigenvalue weighted by Crippen LogP contribution is -2.31. The van der Waals surface area contributed by atoms with E-state index in [4.69, 9.17) is 0 Å². The number of aryl methyl sites for hydroxylation is 1. The van der Waals surface area contributed by atoms with E-state index in [1.54, 1.807) is 35.6 Å². The van der Waals surface area contributed by atoms with Crippen LogP contribution in [0.2, 0.25) is 0 Å². The van der Waals surface area contributed by atoms with Crippen molar-refractivity contribution in [3.05, 3.63) is 56.7 Å². The molecule has 2 rings (SSSR count). The molecular weight excluding hydrogens is 366 g/mol. The highest BCUT2D eigenvalue weighted by molar-refractivity contribution is 9.10. The van der Waals surface area contributed by atoms with Crippen LogP contribution in [0.15, 0.2) is 46.3 Å². The summed E-state index contributed by atoms with van der Waals surface area (Å²) in [5, 5.41) is 14.0. The van der Waals surface area contributed by atoms with Gasteiger partial charge in [-0.15, -0.1) is 11.3 Å². The third kappa shape index (κ3) is 4.96. The van der Waals surface area contributed by atoms with Crippen LogP contribution in [0.1, 0.15) is 22.8 Å². The van der Waals surface area contributed by atoms with Gasteiger partial charge in [0.05, 0.1) is 5.92 Å². The summed E-state index contributed by atoms with van der Waals surface area (Å²) in [6, 6.07) is 10.9. The third-order valence-corrected chi connectivity index (χ3v) is 4.98. The van der Waals surface area contributed by atoms with Crippen LogP contribution in [0, 0.1) is 0 Å². The van der Waals surface area contributed by atoms with E-state index in [1.807, 2.05) is 17.5 Å². The Balaban J connectivity index is 1.84. The molecule has 1 amide bonds. The predicted octanol–water partition coefficient (Wildman–Crippen LogP) is 3.43. The van der Waals surface area contributed by atoms with Gasteiger partial charge in [0.1, 0.15) is 0 Å². The molecule has 0 spiro atoms. The monoisotopic (exact) mass is 381 g/mol. The molecule has 1 unspecified atom stereocenters. The van der Waals surface area contributed by atoms with Gasteiger partial charge in [0.15, 0.2) is 0 Å². The van der Waals surface area contributed by atoms with Crippen molar-refractivity contribution in [2.75, 3.05) is 6.54 Å². The van der Waals surface area contributed by atoms with Crippen LogP contribution in [-0.2, 0) is 16.0 Å². The minimum absolute atomic E-state index is 0.103. The highest BCUT2D eigenvalue weighted by Crippen LogP contribution is 2.21. The first-order valence-corrected chi connectivity index (χ1v) is 8.51. The molecule has 6 heteroatoms. The second-order valence-corrected chi connectivity index (χ2v) is 6.75. The summed E-state index contributed by atoms with van der Waals surface area (Å²) >= 11 is 4.97. The Bertz CT molecular complexity index is 642. The molecule has 0 aliphatic heterocycles. The Morgan fingerprint density at radius 1 is 1.27 bits per heavy atom. The summed E-state index contributed by atoms with van der Waals surface area (Å²) in [6.45, 7) is 0.103. The van der Waals surface area contributed by atoms with Crippen LogP contribution in [0.3, 0.4) is 0 Å². The lowest BCUT2D eigenvalue weighted by atomic mass is 9.99. The molecule has 116 valence electrons. The van der Waals surface area contributed by atoms with Crippen molar-refractivity contribution in [3.8, 4) is 0 Å². The Labute approximate surface area is 141 Å². The van der Waals surface area contributed by atoms with E-state index in [9.17, 15) is 14.7 Å². The Morgan fingerprint density at radius 2 is 2.00 bits per heavy atom. The average molecular weight is 382 g/mol. The highest BCUT2D eigenvalue weighted by Gasteiger charge is 2.20. The van der Waals surface area contributed by atoms with Crippen LogP contribution in [-0.4, -0.2) is 23.5 Å². The number of hydrogen-bond donors (Lipinski definition) is 2. The topological polar surface area (TPSA) is 66.4 Å². The molecular formula is C16H16BrNO3S. The van der Waals surface area contributed by atoms with Crippen molar-refractivity contribution in [1.29, 1.82) is 0 Å². The molecule has 2 aromatic rings. The zero-order valence-electron chi connectivity index (χ0n) is 11.8. The molecule has 0 fully saturated rings. The van der Waals surface area contributed by atoms with Gasteiger partial charge in [-0.2, -0.15) is 0 Å². The van der Waals surface area contributed by atoms with E-state index in [-0.39, 0.29) is 12.5 Å². The summed E-state index contributed by atoms with van der Waals surface area (Å²) in [7, 11) is 0. The second-order valence-electron chi connectivity index (χ2n) is 4.84. The van der Waals surface area contributed by atoms with Crippen molar-refractivity contribution in [2.24, 2.45) is 0 Å². The summed E-state index contributed by atoms with van der Waals surface area (Å²) in [6.07, 6.45) is 1.01. The quantitative estimate of drug-likeness (QED) is 0.771. The normalized spacial score (nSPS) is 11.9. The molecule has 1 aromatic heterocycles. The Kier molecular flexibility index (Phi) is 6.15. The Morgan fingerprint density at radius 3 is 2.59 bits per heavy atom. The SMILES string of the molecule is O=C(CCc1cc(Br)cs1)NCC(C(=O)O)c1ccccc1. The minimum Gasteiger partial charge on any atom is -0.481 e. The fraction of sp³-hybridized carbons (Fsp3) is 0.250. The molecule has 22 heavy (non-hydrogen) atoms. The summed E-state index contributed by atoms with van der Waals surface area (Å²) in [4.78, 5) is 24.3. The van der Waals surface area contributed by atoms with Crippen molar-refractivity contribution in [3.63, 3.8) is 0 Å². The van der Waals surface area contributed by atoms with E-state index in [1.165, 1.54) is 0 Å². The molecule has 1 heterocycles. The number of aliphatic carboxylic acids is 1. The van der Waals surface area contributed by atoms with Gasteiger partial charge in [-0.1, -0.05) is 30.3 Å². The molecule has 0 aliphatic carbocycles. The first kappa shape index (κ1) is 16.7. The third-order valence-electron chi connectivity index (χ3n) is 3.22. The number of amides is 1. The molecule has 0 saturated carbocycles. The molecule has 2 N–H and O–H groups in total.